The lowest BCUT2D eigenvalue weighted by atomic mass is 10.7. The Morgan fingerprint density at radius 3 is 1.82 bits per heavy atom. The van der Waals surface area contributed by atoms with E-state index in [0.29, 0.717) is 0 Å². The van der Waals surface area contributed by atoms with Gasteiger partial charge in [-0.25, -0.2) is 0 Å². The minimum Gasteiger partial charge on any atom is -0.369 e. The molecule has 0 aromatic carbocycles. The minimum absolute atomic E-state index is 0.261. The van der Waals surface area contributed by atoms with Crippen molar-refractivity contribution in [2.75, 3.05) is 0 Å². The Morgan fingerprint density at radius 2 is 1.45 bits per heavy atom. The quantitative estimate of drug-likeness (QED) is 0.556. The Labute approximate surface area is 67.5 Å². The largest absolute Gasteiger partial charge is 0.369 e. The third-order valence-corrected chi connectivity index (χ3v) is 3.35. The third kappa shape index (κ3) is 1.43. The molecule has 11 heavy (non-hydrogen) atoms. The zero-order valence-corrected chi connectivity index (χ0v) is 7.59. The Hall–Kier alpha value is -1.22. The summed E-state index contributed by atoms with van der Waals surface area (Å²) in [6, 6.07) is 8.39. The molecule has 2 N–H and O–H groups in total. The maximum atomic E-state index is 3.22. The predicted octanol–water partition coefficient (Wildman–Crippen LogP) is -0.538. The number of aromatic amines is 2. The molecule has 0 aliphatic rings. The summed E-state index contributed by atoms with van der Waals surface area (Å²) in [6.07, 6.45) is 3.95. The van der Waals surface area contributed by atoms with E-state index in [1.807, 2.05) is 24.5 Å². The summed E-state index contributed by atoms with van der Waals surface area (Å²) >= 11 is 0. The van der Waals surface area contributed by atoms with Crippen molar-refractivity contribution in [3.05, 3.63) is 36.7 Å². The van der Waals surface area contributed by atoms with Gasteiger partial charge in [-0.2, -0.15) is 0 Å². The first-order chi connectivity index (χ1) is 5.45. The summed E-state index contributed by atoms with van der Waals surface area (Å²) in [6.45, 7) is 0. The molecule has 2 nitrogen and oxygen atoms in total. The molecule has 0 aliphatic heterocycles. The molecular weight excluding hydrogens is 152 g/mol. The zero-order chi connectivity index (χ0) is 7.52. The molecule has 56 valence electrons. The molecule has 0 saturated carbocycles. The summed E-state index contributed by atoms with van der Waals surface area (Å²) in [4.78, 5) is 6.43. The van der Waals surface area contributed by atoms with Crippen molar-refractivity contribution < 1.29 is 0 Å². The van der Waals surface area contributed by atoms with E-state index in [2.05, 4.69) is 22.1 Å². The Balaban J connectivity index is 2.14. The fourth-order valence-corrected chi connectivity index (χ4v) is 2.52. The van der Waals surface area contributed by atoms with Crippen LogP contribution in [-0.2, 0) is 0 Å². The predicted molar refractivity (Wildman–Crippen MR) is 49.4 cm³/mol. The molecule has 2 rings (SSSR count). The fourth-order valence-electron chi connectivity index (χ4n) is 1.16. The van der Waals surface area contributed by atoms with E-state index >= 15 is 0 Å². The fraction of sp³-hybridized carbons (Fsp3) is 0. The number of hydrogen-bond donors (Lipinski definition) is 2. The van der Waals surface area contributed by atoms with Gasteiger partial charge in [-0.3, -0.25) is 0 Å². The van der Waals surface area contributed by atoms with Crippen molar-refractivity contribution in [3.63, 3.8) is 0 Å². The van der Waals surface area contributed by atoms with Crippen LogP contribution in [0.4, 0.5) is 0 Å². The average molecular weight is 162 g/mol. The molecule has 2 heterocycles. The summed E-state index contributed by atoms with van der Waals surface area (Å²) < 4.78 is 0. The van der Waals surface area contributed by atoms with Crippen molar-refractivity contribution in [1.29, 1.82) is 0 Å². The van der Waals surface area contributed by atoms with Gasteiger partial charge in [0.15, 0.2) is 0 Å². The van der Waals surface area contributed by atoms with Crippen LogP contribution >= 0.6 is 0 Å². The lowest BCUT2D eigenvalue weighted by Gasteiger charge is -1.91. The summed E-state index contributed by atoms with van der Waals surface area (Å²) in [5.41, 5.74) is 0. The van der Waals surface area contributed by atoms with Gasteiger partial charge in [-0.15, -0.1) is 0 Å². The minimum atomic E-state index is -0.261. The molecule has 0 fully saturated rings. The van der Waals surface area contributed by atoms with Crippen molar-refractivity contribution in [3.8, 4) is 0 Å². The highest BCUT2D eigenvalue weighted by molar-refractivity contribution is 6.65. The third-order valence-electron chi connectivity index (χ3n) is 1.71. The molecule has 0 unspecified atom stereocenters. The van der Waals surface area contributed by atoms with Crippen molar-refractivity contribution in [2.45, 2.75) is 0 Å². The molecule has 0 radical (unpaired) electrons. The molecule has 0 aliphatic carbocycles. The molecule has 0 bridgehead atoms. The number of nitrogens with one attached hydrogen (secondary N) is 2. The van der Waals surface area contributed by atoms with Gasteiger partial charge >= 0.3 is 0 Å². The monoisotopic (exact) mass is 162 g/mol. The first kappa shape index (κ1) is 6.48. The molecule has 0 amide bonds. The van der Waals surface area contributed by atoms with Crippen LogP contribution < -0.4 is 10.6 Å². The second-order valence-corrected chi connectivity index (χ2v) is 4.44. The number of hydrogen-bond acceptors (Lipinski definition) is 0. The standard InChI is InChI=1S/C8H10N2Si/c1-3-7(9-5-1)11-8-4-2-6-10-8/h1-6,9-10H,11H2. The molecule has 3 heteroatoms. The first-order valence-electron chi connectivity index (χ1n) is 3.70. The van der Waals surface area contributed by atoms with E-state index in [0.717, 1.165) is 0 Å². The van der Waals surface area contributed by atoms with Gasteiger partial charge < -0.3 is 9.97 Å². The molecule has 2 aromatic rings. The first-order valence-corrected chi connectivity index (χ1v) is 5.11. The highest BCUT2D eigenvalue weighted by Gasteiger charge is 1.95. The van der Waals surface area contributed by atoms with E-state index < -0.39 is 0 Å². The number of aromatic nitrogens is 2. The van der Waals surface area contributed by atoms with Crippen LogP contribution in [0.2, 0.25) is 0 Å². The number of H-pyrrole nitrogens is 2. The number of rotatable bonds is 2. The van der Waals surface area contributed by atoms with Crippen molar-refractivity contribution in [1.82, 2.24) is 9.97 Å². The summed E-state index contributed by atoms with van der Waals surface area (Å²) in [7, 11) is -0.261. The molecule has 0 saturated heterocycles. The Kier molecular flexibility index (Phi) is 1.65. The van der Waals surface area contributed by atoms with Crippen LogP contribution in [0, 0.1) is 0 Å². The normalized spacial score (nSPS) is 10.2. The Morgan fingerprint density at radius 1 is 0.909 bits per heavy atom. The van der Waals surface area contributed by atoms with E-state index in [9.17, 15) is 0 Å². The zero-order valence-electron chi connectivity index (χ0n) is 6.17. The van der Waals surface area contributed by atoms with Gasteiger partial charge in [0.25, 0.3) is 0 Å². The lowest BCUT2D eigenvalue weighted by Crippen LogP contribution is -2.28. The van der Waals surface area contributed by atoms with Gasteiger partial charge in [0.2, 0.25) is 0 Å². The smallest absolute Gasteiger partial charge is 0.128 e. The van der Waals surface area contributed by atoms with E-state index in [-0.39, 0.29) is 9.52 Å². The SMILES string of the molecule is c1c[nH]c([SiH2]c2ccc[nH]2)c1. The van der Waals surface area contributed by atoms with Crippen molar-refractivity contribution >= 4 is 20.2 Å². The Bertz CT molecular complexity index is 264. The molecule has 0 spiro atoms. The molecular formula is C8H10N2Si. The maximum absolute atomic E-state index is 3.22. The lowest BCUT2D eigenvalue weighted by molar-refractivity contribution is 1.45. The van der Waals surface area contributed by atoms with E-state index in [1.54, 1.807) is 0 Å². The highest BCUT2D eigenvalue weighted by atomic mass is 28.2. The van der Waals surface area contributed by atoms with Crippen LogP contribution in [0.3, 0.4) is 0 Å². The van der Waals surface area contributed by atoms with Gasteiger partial charge in [-0.1, -0.05) is 0 Å². The van der Waals surface area contributed by atoms with Gasteiger partial charge in [0.1, 0.15) is 9.52 Å². The van der Waals surface area contributed by atoms with Gasteiger partial charge in [0, 0.05) is 12.4 Å². The maximum Gasteiger partial charge on any atom is 0.128 e. The second-order valence-electron chi connectivity index (χ2n) is 2.57. The molecule has 2 aromatic heterocycles. The second kappa shape index (κ2) is 2.80. The van der Waals surface area contributed by atoms with Gasteiger partial charge in [0.05, 0.1) is 0 Å². The van der Waals surface area contributed by atoms with Crippen LogP contribution in [0.15, 0.2) is 36.7 Å². The van der Waals surface area contributed by atoms with Crippen molar-refractivity contribution in [2.24, 2.45) is 0 Å². The summed E-state index contributed by atoms with van der Waals surface area (Å²) in [5, 5.41) is 2.76. The highest BCUT2D eigenvalue weighted by Crippen LogP contribution is 1.77. The summed E-state index contributed by atoms with van der Waals surface area (Å²) in [5.74, 6) is 0. The van der Waals surface area contributed by atoms with E-state index in [1.165, 1.54) is 10.6 Å². The average Bonchev–Trinajstić information content (AvgIpc) is 2.60. The van der Waals surface area contributed by atoms with Crippen LogP contribution in [-0.4, -0.2) is 19.5 Å². The topological polar surface area (TPSA) is 31.6 Å². The van der Waals surface area contributed by atoms with Crippen LogP contribution in [0.5, 0.6) is 0 Å². The van der Waals surface area contributed by atoms with Gasteiger partial charge in [-0.05, 0) is 34.9 Å². The van der Waals surface area contributed by atoms with Crippen LogP contribution in [0.25, 0.3) is 0 Å². The molecule has 0 atom stereocenters. The van der Waals surface area contributed by atoms with Crippen LogP contribution in [0.1, 0.15) is 0 Å². The van der Waals surface area contributed by atoms with E-state index in [4.69, 9.17) is 0 Å².